The Morgan fingerprint density at radius 1 is 0.929 bits per heavy atom. The minimum Gasteiger partial charge on any atom is -0.465 e. The second kappa shape index (κ2) is 10.8. The van der Waals surface area contributed by atoms with E-state index < -0.39 is 39.8 Å². The maximum atomic E-state index is 16.3. The van der Waals surface area contributed by atoms with Gasteiger partial charge in [0.05, 0.1) is 10.9 Å². The number of halogens is 1. The first-order valence-electron chi connectivity index (χ1n) is 13.6. The number of carbonyl (C=O) groups excluding carboxylic acids is 1. The van der Waals surface area contributed by atoms with Gasteiger partial charge < -0.3 is 10.1 Å². The number of aryl methyl sites for hydroxylation is 2. The zero-order chi connectivity index (χ0) is 30.4. The third-order valence-electron chi connectivity index (χ3n) is 7.33. The molecule has 1 aliphatic rings. The van der Waals surface area contributed by atoms with Crippen LogP contribution in [0.5, 0.6) is 5.88 Å². The number of aromatic nitrogens is 2. The van der Waals surface area contributed by atoms with Crippen LogP contribution in [0.1, 0.15) is 66.4 Å². The van der Waals surface area contributed by atoms with E-state index >= 15 is 4.39 Å². The first-order valence-corrected chi connectivity index (χ1v) is 15.1. The molecule has 4 bridgehead atoms. The fourth-order valence-corrected chi connectivity index (χ4v) is 5.99. The molecule has 0 fully saturated rings. The Kier molecular flexibility index (Phi) is 7.53. The van der Waals surface area contributed by atoms with Crippen molar-refractivity contribution in [3.05, 3.63) is 100 Å². The van der Waals surface area contributed by atoms with Crippen molar-refractivity contribution in [2.24, 2.45) is 0 Å². The van der Waals surface area contributed by atoms with E-state index in [0.717, 1.165) is 16.7 Å². The molecule has 2 heterocycles. The highest BCUT2D eigenvalue weighted by molar-refractivity contribution is 7.92. The number of anilines is 1. The van der Waals surface area contributed by atoms with Crippen molar-refractivity contribution < 1.29 is 22.3 Å². The predicted octanol–water partition coefficient (Wildman–Crippen LogP) is 6.25. The standard InChI is InChI=1S/C32H33FN4O4S/c1-18-9-7-10-19(2)25(18)27-26(33)30-36-31(35-27)37-42(39,40)24-12-8-11-22(17-24)29(38)34-20(3)28(41-30)21-13-15-23(16-14-21)32(4,5)6/h7-17,20,28H,1-6H3,(H,34,38)(H,35,36,37)/t20-,28+/m1/s1. The van der Waals surface area contributed by atoms with Crippen molar-refractivity contribution in [3.8, 4) is 17.1 Å². The average Bonchev–Trinajstić information content (AvgIpc) is 2.92. The third-order valence-corrected chi connectivity index (χ3v) is 8.65. The van der Waals surface area contributed by atoms with E-state index in [1.54, 1.807) is 6.92 Å². The molecule has 1 amide bonds. The van der Waals surface area contributed by atoms with E-state index in [2.05, 4.69) is 40.8 Å². The number of sulfonamides is 1. The van der Waals surface area contributed by atoms with Crippen molar-refractivity contribution in [1.82, 2.24) is 15.3 Å². The van der Waals surface area contributed by atoms with E-state index in [4.69, 9.17) is 4.74 Å². The van der Waals surface area contributed by atoms with Crippen molar-refractivity contribution in [1.29, 1.82) is 0 Å². The van der Waals surface area contributed by atoms with E-state index in [9.17, 15) is 13.2 Å². The molecule has 5 rings (SSSR count). The minimum absolute atomic E-state index is 0.0971. The Hall–Kier alpha value is -4.31. The van der Waals surface area contributed by atoms with Crippen LogP contribution in [0.2, 0.25) is 0 Å². The van der Waals surface area contributed by atoms with Gasteiger partial charge in [-0.25, -0.2) is 18.1 Å². The van der Waals surface area contributed by atoms with Crippen LogP contribution < -0.4 is 14.8 Å². The van der Waals surface area contributed by atoms with Gasteiger partial charge in [-0.1, -0.05) is 69.3 Å². The van der Waals surface area contributed by atoms with Crippen LogP contribution >= 0.6 is 0 Å². The molecule has 0 unspecified atom stereocenters. The Morgan fingerprint density at radius 2 is 1.57 bits per heavy atom. The number of nitrogens with zero attached hydrogens (tertiary/aromatic N) is 2. The molecule has 10 heteroatoms. The number of amides is 1. The molecule has 2 atom stereocenters. The summed E-state index contributed by atoms with van der Waals surface area (Å²) in [6.07, 6.45) is -0.883. The van der Waals surface area contributed by atoms with Gasteiger partial charge in [0.25, 0.3) is 21.8 Å². The normalized spacial score (nSPS) is 18.4. The maximum Gasteiger partial charge on any atom is 0.264 e. The summed E-state index contributed by atoms with van der Waals surface area (Å²) < 4.78 is 51.6. The molecule has 0 spiro atoms. The van der Waals surface area contributed by atoms with Crippen LogP contribution in [0.3, 0.4) is 0 Å². The second-order valence-electron chi connectivity index (χ2n) is 11.6. The first-order chi connectivity index (χ1) is 19.7. The molecule has 8 nitrogen and oxygen atoms in total. The molecule has 0 radical (unpaired) electrons. The maximum absolute atomic E-state index is 16.3. The van der Waals surface area contributed by atoms with Gasteiger partial charge in [-0.2, -0.15) is 9.37 Å². The van der Waals surface area contributed by atoms with Gasteiger partial charge >= 0.3 is 0 Å². The van der Waals surface area contributed by atoms with Crippen LogP contribution in [0.25, 0.3) is 11.3 Å². The lowest BCUT2D eigenvalue weighted by Crippen LogP contribution is -2.39. The molecule has 4 aromatic rings. The lowest BCUT2D eigenvalue weighted by molar-refractivity contribution is 0.0872. The van der Waals surface area contributed by atoms with Crippen LogP contribution in [-0.4, -0.2) is 30.3 Å². The van der Waals surface area contributed by atoms with Gasteiger partial charge in [-0.3, -0.25) is 4.79 Å². The molecule has 42 heavy (non-hydrogen) atoms. The number of ether oxygens (including phenoxy) is 1. The van der Waals surface area contributed by atoms with E-state index in [1.807, 2.05) is 56.3 Å². The Morgan fingerprint density at radius 3 is 2.21 bits per heavy atom. The summed E-state index contributed by atoms with van der Waals surface area (Å²) in [5.41, 5.74) is 3.69. The Bertz CT molecular complexity index is 1760. The van der Waals surface area contributed by atoms with Gasteiger partial charge in [0.2, 0.25) is 11.8 Å². The van der Waals surface area contributed by atoms with Crippen LogP contribution in [0, 0.1) is 19.7 Å². The highest BCUT2D eigenvalue weighted by atomic mass is 32.2. The minimum atomic E-state index is -4.25. The number of carbonyl (C=O) groups is 1. The van der Waals surface area contributed by atoms with Gasteiger partial charge in [0, 0.05) is 11.1 Å². The lowest BCUT2D eigenvalue weighted by atomic mass is 9.86. The van der Waals surface area contributed by atoms with Crippen molar-refractivity contribution in [2.45, 2.75) is 64.0 Å². The molecular weight excluding hydrogens is 555 g/mol. The molecule has 0 saturated carbocycles. The summed E-state index contributed by atoms with van der Waals surface area (Å²) >= 11 is 0. The largest absolute Gasteiger partial charge is 0.465 e. The number of hydrogen-bond donors (Lipinski definition) is 2. The number of fused-ring (bicyclic) bond motifs is 4. The predicted molar refractivity (Wildman–Crippen MR) is 160 cm³/mol. The SMILES string of the molecule is Cc1cccc(C)c1-c1nc2nc(c1F)O[C@H](c1ccc(C(C)(C)C)cc1)[C@@H](C)NC(=O)c1cccc(c1)S(=O)(=O)N2. The highest BCUT2D eigenvalue weighted by Crippen LogP contribution is 2.36. The second-order valence-corrected chi connectivity index (χ2v) is 13.3. The smallest absolute Gasteiger partial charge is 0.264 e. The lowest BCUT2D eigenvalue weighted by Gasteiger charge is -2.27. The van der Waals surface area contributed by atoms with Crippen molar-refractivity contribution >= 4 is 21.9 Å². The molecule has 218 valence electrons. The monoisotopic (exact) mass is 588 g/mol. The topological polar surface area (TPSA) is 110 Å². The first kappa shape index (κ1) is 29.2. The number of nitrogens with one attached hydrogen (secondary N) is 2. The van der Waals surface area contributed by atoms with Crippen LogP contribution in [0.4, 0.5) is 10.3 Å². The highest BCUT2D eigenvalue weighted by Gasteiger charge is 2.30. The van der Waals surface area contributed by atoms with Gasteiger partial charge in [0.1, 0.15) is 11.8 Å². The Balaban J connectivity index is 1.74. The molecule has 1 aliphatic heterocycles. The van der Waals surface area contributed by atoms with Gasteiger partial charge in [-0.05, 0) is 66.6 Å². The molecule has 1 aromatic heterocycles. The zero-order valence-electron chi connectivity index (χ0n) is 24.3. The van der Waals surface area contributed by atoms with Crippen molar-refractivity contribution in [2.75, 3.05) is 4.72 Å². The van der Waals surface area contributed by atoms with Gasteiger partial charge in [-0.15, -0.1) is 0 Å². The van der Waals surface area contributed by atoms with E-state index in [0.29, 0.717) is 11.1 Å². The van der Waals surface area contributed by atoms with Crippen molar-refractivity contribution in [3.63, 3.8) is 0 Å². The summed E-state index contributed by atoms with van der Waals surface area (Å²) in [5.74, 6) is -2.16. The molecular formula is C32H33FN4O4S. The Labute approximate surface area is 245 Å². The summed E-state index contributed by atoms with van der Waals surface area (Å²) in [6.45, 7) is 11.7. The number of benzene rings is 3. The number of hydrogen-bond acceptors (Lipinski definition) is 6. The zero-order valence-corrected chi connectivity index (χ0v) is 25.1. The molecule has 0 saturated heterocycles. The summed E-state index contributed by atoms with van der Waals surface area (Å²) in [7, 11) is -4.25. The quantitative estimate of drug-likeness (QED) is 0.287. The summed E-state index contributed by atoms with van der Waals surface area (Å²) in [6, 6.07) is 18.1. The molecule has 0 aliphatic carbocycles. The fourth-order valence-electron chi connectivity index (χ4n) is 5.01. The van der Waals surface area contributed by atoms with E-state index in [-0.39, 0.29) is 27.5 Å². The molecule has 3 aromatic carbocycles. The fraction of sp³-hybridized carbons (Fsp3) is 0.281. The summed E-state index contributed by atoms with van der Waals surface area (Å²) in [5, 5.41) is 2.89. The molecule has 2 N–H and O–H groups in total. The van der Waals surface area contributed by atoms with Crippen LogP contribution in [0.15, 0.2) is 71.6 Å². The van der Waals surface area contributed by atoms with Crippen LogP contribution in [-0.2, 0) is 15.4 Å². The van der Waals surface area contributed by atoms with E-state index in [1.165, 1.54) is 24.3 Å². The average molecular weight is 589 g/mol. The third kappa shape index (κ3) is 5.72. The van der Waals surface area contributed by atoms with Gasteiger partial charge in [0.15, 0.2) is 0 Å². The summed E-state index contributed by atoms with van der Waals surface area (Å²) in [4.78, 5) is 21.6. The number of rotatable bonds is 2.